The van der Waals surface area contributed by atoms with Gasteiger partial charge in [0.15, 0.2) is 11.5 Å². The molecule has 0 aliphatic heterocycles. The Morgan fingerprint density at radius 1 is 1.10 bits per heavy atom. The summed E-state index contributed by atoms with van der Waals surface area (Å²) in [6, 6.07) is 15.5. The summed E-state index contributed by atoms with van der Waals surface area (Å²) in [4.78, 5) is 36.8. The van der Waals surface area contributed by atoms with Crippen LogP contribution in [0.3, 0.4) is 0 Å². The van der Waals surface area contributed by atoms with Crippen LogP contribution < -0.4 is 16.5 Å². The zero-order valence-corrected chi connectivity index (χ0v) is 22.3. The molecule has 4 aromatic heterocycles. The minimum atomic E-state index is -0.701. The molecule has 9 nitrogen and oxygen atoms in total. The van der Waals surface area contributed by atoms with Crippen LogP contribution in [0.1, 0.15) is 44.5 Å². The molecular weight excluding hydrogens is 524 g/mol. The largest absolute Gasteiger partial charge is 0.458 e. The zero-order valence-electron chi connectivity index (χ0n) is 21.5. The van der Waals surface area contributed by atoms with Crippen molar-refractivity contribution in [2.75, 3.05) is 5.73 Å². The molecule has 0 spiro atoms. The summed E-state index contributed by atoms with van der Waals surface area (Å²) in [5.41, 5.74) is 8.19. The van der Waals surface area contributed by atoms with Crippen LogP contribution in [0.25, 0.3) is 27.7 Å². The standard InChI is InChI=1S/C30H22N6O3S/c1-17(34-30(38)25-28(31)35-36-15-7-14-32-29(25)36)27-24(19-8-4-3-5-9-19)26(37)23-20(10-6-11-22(23)39-27)12-13-21-16-33-18(2)40-21/h3-11,14-17H,1-2H3,(H2,31,35)(H,34,38)/t17-/m0/s1. The number of aromatic nitrogens is 4. The van der Waals surface area contributed by atoms with E-state index in [4.69, 9.17) is 10.2 Å². The lowest BCUT2D eigenvalue weighted by molar-refractivity contribution is 0.0938. The fourth-order valence-corrected chi connectivity index (χ4v) is 5.18. The van der Waals surface area contributed by atoms with Crippen LogP contribution >= 0.6 is 11.3 Å². The Labute approximate surface area is 232 Å². The second-order valence-electron chi connectivity index (χ2n) is 9.05. The number of nitrogens with one attached hydrogen (secondary N) is 1. The third kappa shape index (κ3) is 4.48. The van der Waals surface area contributed by atoms with E-state index in [1.807, 2.05) is 37.3 Å². The minimum Gasteiger partial charge on any atom is -0.458 e. The van der Waals surface area contributed by atoms with Crippen LogP contribution in [0.4, 0.5) is 5.82 Å². The number of rotatable bonds is 4. The Morgan fingerprint density at radius 2 is 1.93 bits per heavy atom. The molecule has 1 atom stereocenters. The van der Waals surface area contributed by atoms with E-state index in [2.05, 4.69) is 32.2 Å². The van der Waals surface area contributed by atoms with Crippen LogP contribution in [0, 0.1) is 18.8 Å². The molecule has 2 aromatic carbocycles. The predicted octanol–water partition coefficient (Wildman–Crippen LogP) is 4.74. The number of anilines is 1. The van der Waals surface area contributed by atoms with Gasteiger partial charge in [-0.3, -0.25) is 9.59 Å². The lowest BCUT2D eigenvalue weighted by Gasteiger charge is -2.18. The number of carbonyl (C=O) groups is 1. The van der Waals surface area contributed by atoms with Gasteiger partial charge in [0.25, 0.3) is 5.91 Å². The number of thiazole rings is 1. The minimum absolute atomic E-state index is 0.0472. The van der Waals surface area contributed by atoms with E-state index < -0.39 is 11.9 Å². The summed E-state index contributed by atoms with van der Waals surface area (Å²) in [6.07, 6.45) is 4.93. The van der Waals surface area contributed by atoms with Crippen LogP contribution in [-0.2, 0) is 0 Å². The van der Waals surface area contributed by atoms with Crippen molar-refractivity contribution in [3.8, 4) is 23.0 Å². The number of hydrogen-bond donors (Lipinski definition) is 2. The van der Waals surface area contributed by atoms with Crippen LogP contribution in [0.2, 0.25) is 0 Å². The Hall–Kier alpha value is -5.27. The zero-order chi connectivity index (χ0) is 27.8. The fourth-order valence-electron chi connectivity index (χ4n) is 4.55. The number of benzene rings is 2. The number of carbonyl (C=O) groups excluding carboxylic acids is 1. The monoisotopic (exact) mass is 546 g/mol. The van der Waals surface area contributed by atoms with Gasteiger partial charge in [0.2, 0.25) is 5.43 Å². The van der Waals surface area contributed by atoms with Gasteiger partial charge in [-0.15, -0.1) is 16.4 Å². The smallest absolute Gasteiger partial charge is 0.259 e. The van der Waals surface area contributed by atoms with Gasteiger partial charge in [0, 0.05) is 18.0 Å². The molecule has 3 N–H and O–H groups in total. The highest BCUT2D eigenvalue weighted by atomic mass is 32.1. The molecule has 1 amide bonds. The molecule has 0 saturated heterocycles. The first kappa shape index (κ1) is 25.0. The maximum atomic E-state index is 14.1. The van der Waals surface area contributed by atoms with E-state index in [1.165, 1.54) is 15.9 Å². The summed E-state index contributed by atoms with van der Waals surface area (Å²) in [7, 11) is 0. The molecule has 4 heterocycles. The van der Waals surface area contributed by atoms with Crippen molar-refractivity contribution in [2.24, 2.45) is 0 Å². The first-order valence-corrected chi connectivity index (χ1v) is 13.2. The lowest BCUT2D eigenvalue weighted by atomic mass is 9.97. The average Bonchev–Trinajstić information content (AvgIpc) is 3.53. The number of nitrogen functional groups attached to an aromatic ring is 1. The molecule has 0 bridgehead atoms. The van der Waals surface area contributed by atoms with Crippen LogP contribution in [0.5, 0.6) is 0 Å². The molecule has 6 aromatic rings. The third-order valence-corrected chi connectivity index (χ3v) is 7.17. The SMILES string of the molecule is Cc1ncc(C#Cc2cccc3oc([C@H](C)NC(=O)c4c(N)nn5cccnc45)c(-c4ccccc4)c(=O)c23)s1. The molecule has 6 rings (SSSR count). The third-order valence-electron chi connectivity index (χ3n) is 6.34. The molecule has 0 saturated carbocycles. The Balaban J connectivity index is 1.48. The second kappa shape index (κ2) is 10.1. The van der Waals surface area contributed by atoms with Crippen molar-refractivity contribution >= 4 is 39.7 Å². The number of amides is 1. The van der Waals surface area contributed by atoms with E-state index in [-0.39, 0.29) is 16.8 Å². The van der Waals surface area contributed by atoms with Gasteiger partial charge in [-0.25, -0.2) is 14.5 Å². The molecule has 10 heteroatoms. The van der Waals surface area contributed by atoms with Crippen molar-refractivity contribution in [1.29, 1.82) is 0 Å². The van der Waals surface area contributed by atoms with Gasteiger partial charge in [0.05, 0.1) is 33.1 Å². The van der Waals surface area contributed by atoms with Gasteiger partial charge in [-0.05, 0) is 43.5 Å². The molecule has 0 unspecified atom stereocenters. The van der Waals surface area contributed by atoms with Crippen LogP contribution in [-0.4, -0.2) is 25.5 Å². The van der Waals surface area contributed by atoms with Crippen LogP contribution in [0.15, 0.2) is 82.4 Å². The predicted molar refractivity (Wildman–Crippen MR) is 154 cm³/mol. The van der Waals surface area contributed by atoms with Crippen molar-refractivity contribution in [2.45, 2.75) is 19.9 Å². The molecule has 0 fully saturated rings. The summed E-state index contributed by atoms with van der Waals surface area (Å²) < 4.78 is 7.80. The summed E-state index contributed by atoms with van der Waals surface area (Å²) >= 11 is 1.48. The number of fused-ring (bicyclic) bond motifs is 2. The first-order chi connectivity index (χ1) is 19.4. The normalized spacial score (nSPS) is 11.8. The average molecular weight is 547 g/mol. The summed E-state index contributed by atoms with van der Waals surface area (Å²) in [5.74, 6) is 6.09. The lowest BCUT2D eigenvalue weighted by Crippen LogP contribution is -2.28. The van der Waals surface area contributed by atoms with Crippen molar-refractivity contribution in [3.05, 3.63) is 110 Å². The number of hydrogen-bond acceptors (Lipinski definition) is 8. The highest BCUT2D eigenvalue weighted by Crippen LogP contribution is 2.30. The van der Waals surface area contributed by atoms with E-state index in [9.17, 15) is 9.59 Å². The van der Waals surface area contributed by atoms with E-state index in [0.717, 1.165) is 9.88 Å². The van der Waals surface area contributed by atoms with Crippen molar-refractivity contribution in [1.82, 2.24) is 24.9 Å². The quantitative estimate of drug-likeness (QED) is 0.306. The maximum Gasteiger partial charge on any atom is 0.259 e. The van der Waals surface area contributed by atoms with E-state index in [1.54, 1.807) is 49.8 Å². The Morgan fingerprint density at radius 3 is 2.70 bits per heavy atom. The Bertz CT molecular complexity index is 2030. The van der Waals surface area contributed by atoms with Crippen molar-refractivity contribution in [3.63, 3.8) is 0 Å². The van der Waals surface area contributed by atoms with E-state index in [0.29, 0.717) is 39.1 Å². The highest BCUT2D eigenvalue weighted by Gasteiger charge is 2.26. The topological polar surface area (TPSA) is 128 Å². The first-order valence-electron chi connectivity index (χ1n) is 12.4. The molecule has 40 heavy (non-hydrogen) atoms. The van der Waals surface area contributed by atoms with Gasteiger partial charge in [-0.1, -0.05) is 42.3 Å². The number of nitrogens with two attached hydrogens (primary N) is 1. The van der Waals surface area contributed by atoms with Gasteiger partial charge >= 0.3 is 0 Å². The fraction of sp³-hybridized carbons (Fsp3) is 0.100. The molecule has 196 valence electrons. The highest BCUT2D eigenvalue weighted by molar-refractivity contribution is 7.12. The summed E-state index contributed by atoms with van der Waals surface area (Å²) in [5, 5.41) is 8.37. The van der Waals surface area contributed by atoms with Gasteiger partial charge < -0.3 is 15.5 Å². The van der Waals surface area contributed by atoms with Gasteiger partial charge in [-0.2, -0.15) is 0 Å². The van der Waals surface area contributed by atoms with Gasteiger partial charge in [0.1, 0.15) is 16.9 Å². The van der Waals surface area contributed by atoms with Crippen molar-refractivity contribution < 1.29 is 9.21 Å². The molecule has 0 radical (unpaired) electrons. The number of aryl methyl sites for hydroxylation is 1. The Kier molecular flexibility index (Phi) is 6.34. The number of nitrogens with zero attached hydrogens (tertiary/aromatic N) is 4. The molecule has 0 aliphatic carbocycles. The summed E-state index contributed by atoms with van der Waals surface area (Å²) in [6.45, 7) is 3.66. The maximum absolute atomic E-state index is 14.1. The molecule has 0 aliphatic rings. The molecular formula is C30H22N6O3S. The van der Waals surface area contributed by atoms with E-state index >= 15 is 0 Å². The second-order valence-corrected chi connectivity index (χ2v) is 10.3.